The van der Waals surface area contributed by atoms with Gasteiger partial charge >= 0.3 is 0 Å². The van der Waals surface area contributed by atoms with Crippen molar-refractivity contribution in [2.75, 3.05) is 6.54 Å². The lowest BCUT2D eigenvalue weighted by atomic mass is 9.93. The van der Waals surface area contributed by atoms with Crippen LogP contribution in [0.15, 0.2) is 53.3 Å². The van der Waals surface area contributed by atoms with Gasteiger partial charge < -0.3 is 15.6 Å². The van der Waals surface area contributed by atoms with E-state index in [0.717, 1.165) is 23.9 Å². The second-order valence-corrected chi connectivity index (χ2v) is 6.69. The number of hydrogen-bond acceptors (Lipinski definition) is 3. The van der Waals surface area contributed by atoms with Crippen molar-refractivity contribution < 1.29 is 4.79 Å². The van der Waals surface area contributed by atoms with Crippen LogP contribution in [0.25, 0.3) is 21.8 Å². The molecule has 0 aliphatic heterocycles. The van der Waals surface area contributed by atoms with Gasteiger partial charge in [0, 0.05) is 17.3 Å². The van der Waals surface area contributed by atoms with E-state index in [1.54, 1.807) is 12.1 Å². The predicted octanol–water partition coefficient (Wildman–Crippen LogP) is 3.21. The number of fused-ring (bicyclic) bond motifs is 2. The van der Waals surface area contributed by atoms with E-state index in [2.05, 4.69) is 5.32 Å². The van der Waals surface area contributed by atoms with Crippen LogP contribution in [0, 0.1) is 0 Å². The van der Waals surface area contributed by atoms with Crippen molar-refractivity contribution >= 4 is 40.1 Å². The first-order chi connectivity index (χ1) is 12.5. The summed E-state index contributed by atoms with van der Waals surface area (Å²) in [4.78, 5) is 25.6. The highest BCUT2D eigenvalue weighted by molar-refractivity contribution is 5.94. The summed E-state index contributed by atoms with van der Waals surface area (Å²) in [7, 11) is 0. The van der Waals surface area contributed by atoms with Crippen molar-refractivity contribution in [1.82, 2.24) is 9.88 Å². The third-order valence-electron chi connectivity index (χ3n) is 5.33. The van der Waals surface area contributed by atoms with E-state index in [-0.39, 0.29) is 35.8 Å². The largest absolute Gasteiger partial charge is 0.348 e. The van der Waals surface area contributed by atoms with Crippen LogP contribution in [-0.4, -0.2) is 22.6 Å². The second kappa shape index (κ2) is 8.55. The molecule has 3 N–H and O–H groups in total. The van der Waals surface area contributed by atoms with Crippen molar-refractivity contribution in [3.63, 3.8) is 0 Å². The van der Waals surface area contributed by atoms with Gasteiger partial charge in [-0.1, -0.05) is 38.1 Å². The molecule has 2 aromatic carbocycles. The maximum absolute atomic E-state index is 12.8. The molecule has 0 bridgehead atoms. The van der Waals surface area contributed by atoms with Crippen LogP contribution in [-0.2, 0) is 11.3 Å². The first kappa shape index (κ1) is 20.9. The second-order valence-electron chi connectivity index (χ2n) is 6.69. The van der Waals surface area contributed by atoms with Crippen molar-refractivity contribution in [2.24, 2.45) is 5.73 Å². The summed E-state index contributed by atoms with van der Waals surface area (Å²) >= 11 is 0. The number of pyridine rings is 1. The third kappa shape index (κ3) is 3.84. The van der Waals surface area contributed by atoms with Crippen LogP contribution in [0.5, 0.6) is 0 Å². The lowest BCUT2D eigenvalue weighted by Crippen LogP contribution is -2.53. The van der Waals surface area contributed by atoms with Gasteiger partial charge in [0.15, 0.2) is 5.43 Å². The van der Waals surface area contributed by atoms with Crippen LogP contribution in [0.3, 0.4) is 0 Å². The number of nitrogens with one attached hydrogen (secondary N) is 1. The van der Waals surface area contributed by atoms with Gasteiger partial charge in [-0.25, -0.2) is 0 Å². The summed E-state index contributed by atoms with van der Waals surface area (Å²) in [5, 5.41) is 4.35. The molecule has 0 aliphatic rings. The lowest BCUT2D eigenvalue weighted by Gasteiger charge is -2.31. The summed E-state index contributed by atoms with van der Waals surface area (Å²) < 4.78 is 1.91. The van der Waals surface area contributed by atoms with E-state index in [9.17, 15) is 9.59 Å². The molecule has 0 unspecified atom stereocenters. The molecule has 0 fully saturated rings. The topological polar surface area (TPSA) is 77.1 Å². The number of hydrogen-bond donors (Lipinski definition) is 2. The average Bonchev–Trinajstić information content (AvgIpc) is 2.69. The van der Waals surface area contributed by atoms with Crippen LogP contribution in [0.1, 0.15) is 26.7 Å². The van der Waals surface area contributed by atoms with Gasteiger partial charge in [0.05, 0.1) is 16.6 Å². The molecule has 6 heteroatoms. The van der Waals surface area contributed by atoms with Gasteiger partial charge in [-0.2, -0.15) is 0 Å². The Morgan fingerprint density at radius 3 is 1.93 bits per heavy atom. The van der Waals surface area contributed by atoms with Gasteiger partial charge in [0.1, 0.15) is 6.54 Å². The van der Waals surface area contributed by atoms with E-state index in [1.807, 2.05) is 54.8 Å². The Morgan fingerprint density at radius 2 is 1.48 bits per heavy atom. The number of amides is 1. The Hall–Kier alpha value is -2.37. The van der Waals surface area contributed by atoms with E-state index in [1.165, 1.54) is 0 Å². The quantitative estimate of drug-likeness (QED) is 0.637. The Bertz CT molecular complexity index is 941. The van der Waals surface area contributed by atoms with Crippen LogP contribution < -0.4 is 16.5 Å². The number of rotatable bonds is 6. The molecule has 3 rings (SSSR count). The maximum atomic E-state index is 12.8. The monoisotopic (exact) mass is 387 g/mol. The Labute approximate surface area is 165 Å². The lowest BCUT2D eigenvalue weighted by molar-refractivity contribution is -0.123. The van der Waals surface area contributed by atoms with Crippen molar-refractivity contribution in [3.8, 4) is 0 Å². The summed E-state index contributed by atoms with van der Waals surface area (Å²) in [5.41, 5.74) is 7.04. The zero-order chi connectivity index (χ0) is 18.7. The first-order valence-corrected chi connectivity index (χ1v) is 9.06. The van der Waals surface area contributed by atoms with Gasteiger partial charge in [-0.3, -0.25) is 9.59 Å². The maximum Gasteiger partial charge on any atom is 0.240 e. The molecule has 144 valence electrons. The summed E-state index contributed by atoms with van der Waals surface area (Å²) in [6, 6.07) is 14.8. The number of para-hydroxylation sites is 2. The molecule has 0 spiro atoms. The molecule has 1 amide bonds. The highest BCUT2D eigenvalue weighted by atomic mass is 35.5. The minimum Gasteiger partial charge on any atom is -0.348 e. The molecule has 0 radical (unpaired) electrons. The first-order valence-electron chi connectivity index (χ1n) is 9.06. The summed E-state index contributed by atoms with van der Waals surface area (Å²) in [6.07, 6.45) is 1.55. The Balaban J connectivity index is 0.00000261. The molecular formula is C21H26ClN3O2. The number of nitrogens with zero attached hydrogens (tertiary/aromatic N) is 1. The number of nitrogens with two attached hydrogens (primary N) is 1. The highest BCUT2D eigenvalue weighted by Gasteiger charge is 2.26. The third-order valence-corrected chi connectivity index (χ3v) is 5.33. The molecular weight excluding hydrogens is 362 g/mol. The van der Waals surface area contributed by atoms with Crippen LogP contribution >= 0.6 is 12.4 Å². The molecule has 3 aromatic rings. The molecule has 0 atom stereocenters. The SMILES string of the molecule is CCC(CC)(CN)NC(=O)Cn1c2ccccc2c(=O)c2ccccc21.Cl. The number of aromatic nitrogens is 1. The molecule has 0 saturated heterocycles. The van der Waals surface area contributed by atoms with E-state index < -0.39 is 0 Å². The molecule has 0 saturated carbocycles. The zero-order valence-electron chi connectivity index (χ0n) is 15.7. The van der Waals surface area contributed by atoms with Crippen molar-refractivity contribution in [1.29, 1.82) is 0 Å². The Kier molecular flexibility index (Phi) is 6.63. The fourth-order valence-corrected chi connectivity index (χ4v) is 3.49. The number of carbonyl (C=O) groups excluding carboxylic acids is 1. The number of benzene rings is 2. The summed E-state index contributed by atoms with van der Waals surface area (Å²) in [6.45, 7) is 4.60. The number of halogens is 1. The summed E-state index contributed by atoms with van der Waals surface area (Å²) in [5.74, 6) is -0.0990. The van der Waals surface area contributed by atoms with E-state index in [0.29, 0.717) is 17.3 Å². The highest BCUT2D eigenvalue weighted by Crippen LogP contribution is 2.19. The van der Waals surface area contributed by atoms with Crippen LogP contribution in [0.4, 0.5) is 0 Å². The average molecular weight is 388 g/mol. The predicted molar refractivity (Wildman–Crippen MR) is 113 cm³/mol. The molecule has 5 nitrogen and oxygen atoms in total. The van der Waals surface area contributed by atoms with Crippen molar-refractivity contribution in [2.45, 2.75) is 38.8 Å². The molecule has 1 aromatic heterocycles. The normalized spacial score (nSPS) is 11.4. The molecule has 1 heterocycles. The zero-order valence-corrected chi connectivity index (χ0v) is 16.5. The smallest absolute Gasteiger partial charge is 0.240 e. The van der Waals surface area contributed by atoms with Gasteiger partial charge in [0.25, 0.3) is 0 Å². The molecule has 0 aliphatic carbocycles. The molecule has 27 heavy (non-hydrogen) atoms. The minimum atomic E-state index is -0.387. The van der Waals surface area contributed by atoms with Crippen molar-refractivity contribution in [3.05, 3.63) is 58.8 Å². The Morgan fingerprint density at radius 1 is 1.00 bits per heavy atom. The van der Waals surface area contributed by atoms with Gasteiger partial charge in [-0.15, -0.1) is 12.4 Å². The number of carbonyl (C=O) groups is 1. The van der Waals surface area contributed by atoms with E-state index >= 15 is 0 Å². The van der Waals surface area contributed by atoms with E-state index in [4.69, 9.17) is 5.73 Å². The van der Waals surface area contributed by atoms with Gasteiger partial charge in [0.2, 0.25) is 5.91 Å². The standard InChI is InChI=1S/C21H25N3O2.ClH/c1-3-21(4-2,14-22)23-19(25)13-24-17-11-7-5-9-15(17)20(26)16-10-6-8-12-18(16)24;/h5-12H,3-4,13-14,22H2,1-2H3,(H,23,25);1H. The van der Waals surface area contributed by atoms with Crippen LogP contribution in [0.2, 0.25) is 0 Å². The minimum absolute atomic E-state index is 0. The fraction of sp³-hybridized carbons (Fsp3) is 0.333. The fourth-order valence-electron chi connectivity index (χ4n) is 3.49. The van der Waals surface area contributed by atoms with Gasteiger partial charge in [-0.05, 0) is 37.1 Å².